The van der Waals surface area contributed by atoms with Crippen LogP contribution in [0, 0.1) is 0 Å². The van der Waals surface area contributed by atoms with Gasteiger partial charge in [-0.1, -0.05) is 48.1 Å². The van der Waals surface area contributed by atoms with Crippen molar-refractivity contribution in [3.63, 3.8) is 0 Å². The Morgan fingerprint density at radius 2 is 1.44 bits per heavy atom. The van der Waals surface area contributed by atoms with Crippen LogP contribution in [0.1, 0.15) is 11.3 Å². The molecule has 0 aliphatic heterocycles. The van der Waals surface area contributed by atoms with Gasteiger partial charge in [-0.15, -0.1) is 0 Å². The molecule has 6 nitrogen and oxygen atoms in total. The van der Waals surface area contributed by atoms with Crippen LogP contribution in [0.4, 0.5) is 0 Å². The van der Waals surface area contributed by atoms with E-state index in [1.165, 1.54) is 0 Å². The first kappa shape index (κ1) is 16.2. The molecule has 0 unspecified atom stereocenters. The van der Waals surface area contributed by atoms with Crippen LogP contribution in [0.2, 0.25) is 0 Å². The smallest absolute Gasteiger partial charge is 0.188 e. The summed E-state index contributed by atoms with van der Waals surface area (Å²) < 4.78 is 0. The summed E-state index contributed by atoms with van der Waals surface area (Å²) in [5.74, 6) is -0.0244. The quantitative estimate of drug-likeness (QED) is 0.295. The normalized spacial score (nSPS) is 11.3. The number of amidine groups is 1. The molecule has 3 rings (SSSR count). The van der Waals surface area contributed by atoms with E-state index in [0.29, 0.717) is 11.4 Å². The Morgan fingerprint density at radius 1 is 0.840 bits per heavy atom. The molecule has 0 bridgehead atoms. The number of pyridine rings is 2. The van der Waals surface area contributed by atoms with Crippen LogP contribution in [0.25, 0.3) is 28.1 Å². The largest absolute Gasteiger partial charge is 0.409 e. The topological polar surface area (TPSA) is 110 Å². The molecule has 0 saturated heterocycles. The van der Waals surface area contributed by atoms with E-state index in [-0.39, 0.29) is 5.84 Å². The Balaban J connectivity index is 1.83. The van der Waals surface area contributed by atoms with E-state index in [1.807, 2.05) is 42.5 Å². The SMILES string of the molecule is C=C(N)c1ccc(-c2ccc(-c3ccc(/C(N)=N\O)nc3)cn2)cc1. The number of nitrogens with zero attached hydrogens (tertiary/aromatic N) is 3. The first-order valence-electron chi connectivity index (χ1n) is 7.54. The van der Waals surface area contributed by atoms with Gasteiger partial charge in [-0.05, 0) is 17.7 Å². The summed E-state index contributed by atoms with van der Waals surface area (Å²) in [5.41, 5.74) is 16.7. The third kappa shape index (κ3) is 3.48. The number of aromatic nitrogens is 2. The third-order valence-electron chi connectivity index (χ3n) is 3.78. The van der Waals surface area contributed by atoms with Gasteiger partial charge in [0.25, 0.3) is 0 Å². The molecule has 0 amide bonds. The zero-order chi connectivity index (χ0) is 17.8. The lowest BCUT2D eigenvalue weighted by Gasteiger charge is -2.06. The van der Waals surface area contributed by atoms with Gasteiger partial charge < -0.3 is 16.7 Å². The number of hydrogen-bond donors (Lipinski definition) is 3. The standard InChI is InChI=1S/C19H17N5O/c1-12(20)13-2-4-14(5-3-13)17-8-6-15(10-22-17)16-7-9-18(23-11-16)19(21)24-25/h2-11,25H,1,20H2,(H2,21,24). The van der Waals surface area contributed by atoms with Gasteiger partial charge in [-0.25, -0.2) is 0 Å². The zero-order valence-corrected chi connectivity index (χ0v) is 13.4. The third-order valence-corrected chi connectivity index (χ3v) is 3.78. The van der Waals surface area contributed by atoms with E-state index in [1.54, 1.807) is 18.5 Å². The fourth-order valence-electron chi connectivity index (χ4n) is 2.36. The summed E-state index contributed by atoms with van der Waals surface area (Å²) >= 11 is 0. The molecule has 1 aromatic carbocycles. The second-order valence-electron chi connectivity index (χ2n) is 5.45. The average molecular weight is 331 g/mol. The van der Waals surface area contributed by atoms with Crippen LogP contribution in [-0.2, 0) is 0 Å². The molecule has 6 heteroatoms. The van der Waals surface area contributed by atoms with Crippen molar-refractivity contribution in [2.45, 2.75) is 0 Å². The van der Waals surface area contributed by atoms with E-state index in [4.69, 9.17) is 16.7 Å². The molecule has 25 heavy (non-hydrogen) atoms. The maximum atomic E-state index is 8.66. The van der Waals surface area contributed by atoms with Crippen molar-refractivity contribution in [2.24, 2.45) is 16.6 Å². The summed E-state index contributed by atoms with van der Waals surface area (Å²) in [7, 11) is 0. The number of rotatable bonds is 4. The van der Waals surface area contributed by atoms with Crippen molar-refractivity contribution in [1.82, 2.24) is 9.97 Å². The minimum Gasteiger partial charge on any atom is -0.409 e. The zero-order valence-electron chi connectivity index (χ0n) is 13.4. The number of nitrogens with two attached hydrogens (primary N) is 2. The van der Waals surface area contributed by atoms with Crippen molar-refractivity contribution in [3.8, 4) is 22.4 Å². The van der Waals surface area contributed by atoms with E-state index >= 15 is 0 Å². The molecule has 0 aliphatic rings. The molecule has 0 fully saturated rings. The minimum absolute atomic E-state index is 0.0244. The van der Waals surface area contributed by atoms with Gasteiger partial charge >= 0.3 is 0 Å². The van der Waals surface area contributed by atoms with Crippen molar-refractivity contribution >= 4 is 11.5 Å². The van der Waals surface area contributed by atoms with Gasteiger partial charge in [0.2, 0.25) is 0 Å². The van der Waals surface area contributed by atoms with Crippen LogP contribution in [0.5, 0.6) is 0 Å². The van der Waals surface area contributed by atoms with Crippen molar-refractivity contribution in [1.29, 1.82) is 0 Å². The first-order chi connectivity index (χ1) is 12.1. The number of oxime groups is 1. The molecule has 0 radical (unpaired) electrons. The van der Waals surface area contributed by atoms with E-state index in [0.717, 1.165) is 27.9 Å². The van der Waals surface area contributed by atoms with E-state index in [9.17, 15) is 0 Å². The van der Waals surface area contributed by atoms with Crippen LogP contribution in [-0.4, -0.2) is 21.0 Å². The van der Waals surface area contributed by atoms with Crippen molar-refractivity contribution in [3.05, 3.63) is 78.8 Å². The lowest BCUT2D eigenvalue weighted by molar-refractivity contribution is 0.318. The number of benzene rings is 1. The molecule has 0 spiro atoms. The molecule has 0 aliphatic carbocycles. The minimum atomic E-state index is -0.0244. The number of hydrogen-bond acceptors (Lipinski definition) is 5. The predicted octanol–water partition coefficient (Wildman–Crippen LogP) is 2.83. The first-order valence-corrected chi connectivity index (χ1v) is 7.54. The summed E-state index contributed by atoms with van der Waals surface area (Å²) in [6.07, 6.45) is 3.44. The van der Waals surface area contributed by atoms with Crippen LogP contribution in [0.3, 0.4) is 0 Å². The lowest BCUT2D eigenvalue weighted by atomic mass is 10.1. The highest BCUT2D eigenvalue weighted by Gasteiger charge is 2.05. The molecule has 0 saturated carbocycles. The van der Waals surface area contributed by atoms with Crippen molar-refractivity contribution in [2.75, 3.05) is 0 Å². The Bertz CT molecular complexity index is 914. The van der Waals surface area contributed by atoms with E-state index in [2.05, 4.69) is 21.7 Å². The van der Waals surface area contributed by atoms with E-state index < -0.39 is 0 Å². The molecular weight excluding hydrogens is 314 g/mol. The highest BCUT2D eigenvalue weighted by molar-refractivity contribution is 5.95. The fourth-order valence-corrected chi connectivity index (χ4v) is 2.36. The lowest BCUT2D eigenvalue weighted by Crippen LogP contribution is -2.14. The average Bonchev–Trinajstić information content (AvgIpc) is 2.67. The molecule has 0 atom stereocenters. The highest BCUT2D eigenvalue weighted by Crippen LogP contribution is 2.23. The summed E-state index contributed by atoms with van der Waals surface area (Å²) in [5, 5.41) is 11.6. The Morgan fingerprint density at radius 3 is 1.92 bits per heavy atom. The predicted molar refractivity (Wildman–Crippen MR) is 98.6 cm³/mol. The molecular formula is C19H17N5O. The van der Waals surface area contributed by atoms with Crippen LogP contribution < -0.4 is 11.5 Å². The van der Waals surface area contributed by atoms with Crippen LogP contribution >= 0.6 is 0 Å². The second-order valence-corrected chi connectivity index (χ2v) is 5.45. The Hall–Kier alpha value is -3.67. The Labute approximate surface area is 145 Å². The maximum Gasteiger partial charge on any atom is 0.188 e. The summed E-state index contributed by atoms with van der Waals surface area (Å²) in [6, 6.07) is 15.2. The molecule has 124 valence electrons. The summed E-state index contributed by atoms with van der Waals surface area (Å²) in [4.78, 5) is 8.67. The van der Waals surface area contributed by atoms with Gasteiger partial charge in [0.05, 0.1) is 5.69 Å². The Kier molecular flexibility index (Phi) is 4.43. The van der Waals surface area contributed by atoms with Gasteiger partial charge in [0.1, 0.15) is 5.69 Å². The molecule has 3 aromatic rings. The maximum absolute atomic E-state index is 8.66. The van der Waals surface area contributed by atoms with Crippen LogP contribution in [0.15, 0.2) is 72.7 Å². The summed E-state index contributed by atoms with van der Waals surface area (Å²) in [6.45, 7) is 3.72. The fraction of sp³-hybridized carbons (Fsp3) is 0. The van der Waals surface area contributed by atoms with Crippen molar-refractivity contribution < 1.29 is 5.21 Å². The monoisotopic (exact) mass is 331 g/mol. The van der Waals surface area contributed by atoms with Gasteiger partial charge in [-0.2, -0.15) is 0 Å². The van der Waals surface area contributed by atoms with Gasteiger partial charge in [-0.3, -0.25) is 9.97 Å². The van der Waals surface area contributed by atoms with Gasteiger partial charge in [0, 0.05) is 34.8 Å². The molecule has 2 aromatic heterocycles. The second kappa shape index (κ2) is 6.84. The van der Waals surface area contributed by atoms with Gasteiger partial charge in [0.15, 0.2) is 5.84 Å². The molecule has 2 heterocycles. The highest BCUT2D eigenvalue weighted by atomic mass is 16.4. The molecule has 5 N–H and O–H groups in total.